The molecule has 0 saturated carbocycles. The van der Waals surface area contributed by atoms with Crippen LogP contribution in [0.5, 0.6) is 5.88 Å². The average Bonchev–Trinajstić information content (AvgIpc) is 2.24. The Bertz CT molecular complexity index is 353. The van der Waals surface area contributed by atoms with Gasteiger partial charge in [-0.1, -0.05) is 24.6 Å². The van der Waals surface area contributed by atoms with Crippen molar-refractivity contribution in [2.45, 2.75) is 26.7 Å². The molecule has 0 aliphatic rings. The minimum atomic E-state index is 0.468. The maximum absolute atomic E-state index is 5.96. The predicted molar refractivity (Wildman–Crippen MR) is 61.5 cm³/mol. The Hall–Kier alpha value is -1.09. The monoisotopic (exact) mass is 226 g/mol. The molecule has 0 aromatic carbocycles. The minimum absolute atomic E-state index is 0.468. The summed E-state index contributed by atoms with van der Waals surface area (Å²) in [6.45, 7) is 8.03. The minimum Gasteiger partial charge on any atom is -0.477 e. The van der Waals surface area contributed by atoms with Crippen LogP contribution in [0.3, 0.4) is 0 Å². The van der Waals surface area contributed by atoms with Gasteiger partial charge in [-0.05, 0) is 13.3 Å². The van der Waals surface area contributed by atoms with E-state index < -0.39 is 0 Å². The number of aromatic nitrogens is 2. The smallest absolute Gasteiger partial charge is 0.221 e. The normalized spacial score (nSPS) is 10.1. The first-order valence-electron chi connectivity index (χ1n) is 4.95. The van der Waals surface area contributed by atoms with Gasteiger partial charge in [0.15, 0.2) is 0 Å². The van der Waals surface area contributed by atoms with E-state index in [4.69, 9.17) is 16.3 Å². The number of aryl methyl sites for hydroxylation is 1. The molecule has 1 aromatic heterocycles. The molecule has 3 nitrogen and oxygen atoms in total. The average molecular weight is 227 g/mol. The molecule has 4 heteroatoms. The number of rotatable bonds is 5. The predicted octanol–water partition coefficient (Wildman–Crippen LogP) is 2.96. The summed E-state index contributed by atoms with van der Waals surface area (Å²) in [6, 6.07) is 0. The van der Waals surface area contributed by atoms with Gasteiger partial charge >= 0.3 is 0 Å². The summed E-state index contributed by atoms with van der Waals surface area (Å²) in [5.41, 5.74) is 0.790. The number of halogens is 1. The van der Waals surface area contributed by atoms with E-state index in [-0.39, 0.29) is 0 Å². The highest BCUT2D eigenvalue weighted by Crippen LogP contribution is 2.22. The van der Waals surface area contributed by atoms with Crippen molar-refractivity contribution in [3.63, 3.8) is 0 Å². The van der Waals surface area contributed by atoms with Gasteiger partial charge in [-0.15, -0.1) is 6.58 Å². The van der Waals surface area contributed by atoms with Gasteiger partial charge in [0.25, 0.3) is 0 Å². The Labute approximate surface area is 95.2 Å². The second-order valence-electron chi connectivity index (χ2n) is 3.14. The molecule has 1 heterocycles. The molecule has 0 saturated heterocycles. The van der Waals surface area contributed by atoms with Crippen molar-refractivity contribution in [2.75, 3.05) is 6.61 Å². The molecular weight excluding hydrogens is 212 g/mol. The van der Waals surface area contributed by atoms with Crippen LogP contribution in [0.1, 0.15) is 24.7 Å². The number of hydrogen-bond acceptors (Lipinski definition) is 3. The van der Waals surface area contributed by atoms with Crippen LogP contribution in [0.15, 0.2) is 12.7 Å². The third-order valence-corrected chi connectivity index (χ3v) is 2.33. The Morgan fingerprint density at radius 3 is 2.80 bits per heavy atom. The van der Waals surface area contributed by atoms with E-state index in [0.717, 1.165) is 18.4 Å². The van der Waals surface area contributed by atoms with Gasteiger partial charge in [-0.25, -0.2) is 4.98 Å². The van der Waals surface area contributed by atoms with Gasteiger partial charge in [-0.2, -0.15) is 4.98 Å². The molecule has 1 aromatic rings. The number of nitrogens with zero attached hydrogens (tertiary/aromatic N) is 2. The number of ether oxygens (including phenoxy) is 1. The van der Waals surface area contributed by atoms with Gasteiger partial charge in [0, 0.05) is 12.0 Å². The first-order valence-corrected chi connectivity index (χ1v) is 5.33. The van der Waals surface area contributed by atoms with Crippen molar-refractivity contribution in [2.24, 2.45) is 0 Å². The summed E-state index contributed by atoms with van der Waals surface area (Å²) in [4.78, 5) is 8.41. The Kier molecular flexibility index (Phi) is 4.56. The summed E-state index contributed by atoms with van der Waals surface area (Å²) in [7, 11) is 0. The van der Waals surface area contributed by atoms with Crippen LogP contribution in [0.25, 0.3) is 0 Å². The summed E-state index contributed by atoms with van der Waals surface area (Å²) >= 11 is 5.96. The third-order valence-electron chi connectivity index (χ3n) is 1.97. The number of hydrogen-bond donors (Lipinski definition) is 0. The zero-order valence-electron chi connectivity index (χ0n) is 9.09. The fraction of sp³-hybridized carbons (Fsp3) is 0.455. The van der Waals surface area contributed by atoms with Crippen molar-refractivity contribution < 1.29 is 4.74 Å². The summed E-state index contributed by atoms with van der Waals surface area (Å²) in [5.74, 6) is 1.29. The summed E-state index contributed by atoms with van der Waals surface area (Å²) in [5, 5.41) is 0.468. The molecule has 0 atom stereocenters. The molecule has 0 amide bonds. The Morgan fingerprint density at radius 1 is 1.47 bits per heavy atom. The van der Waals surface area contributed by atoms with E-state index in [1.807, 2.05) is 13.8 Å². The van der Waals surface area contributed by atoms with Gasteiger partial charge < -0.3 is 4.74 Å². The molecule has 1 rings (SSSR count). The second kappa shape index (κ2) is 5.71. The molecule has 15 heavy (non-hydrogen) atoms. The SMILES string of the molecule is C=CCCOc1nc(CC)nc(Cl)c1C. The molecule has 0 bridgehead atoms. The van der Waals surface area contributed by atoms with Crippen molar-refractivity contribution >= 4 is 11.6 Å². The molecule has 0 spiro atoms. The zero-order chi connectivity index (χ0) is 11.3. The zero-order valence-corrected chi connectivity index (χ0v) is 9.84. The van der Waals surface area contributed by atoms with Crippen molar-refractivity contribution in [3.05, 3.63) is 29.2 Å². The molecule has 0 radical (unpaired) electrons. The van der Waals surface area contributed by atoms with Crippen molar-refractivity contribution in [1.29, 1.82) is 0 Å². The lowest BCUT2D eigenvalue weighted by Crippen LogP contribution is -2.04. The quantitative estimate of drug-likeness (QED) is 0.440. The van der Waals surface area contributed by atoms with E-state index >= 15 is 0 Å². The largest absolute Gasteiger partial charge is 0.477 e. The van der Waals surface area contributed by atoms with Crippen LogP contribution < -0.4 is 4.74 Å². The molecule has 0 aliphatic carbocycles. The van der Waals surface area contributed by atoms with Gasteiger partial charge in [0.1, 0.15) is 11.0 Å². The van der Waals surface area contributed by atoms with Crippen LogP contribution >= 0.6 is 11.6 Å². The standard InChI is InChI=1S/C11H15ClN2O/c1-4-6-7-15-11-8(3)10(12)13-9(5-2)14-11/h4H,1,5-7H2,2-3H3. The van der Waals surface area contributed by atoms with E-state index in [0.29, 0.717) is 23.5 Å². The highest BCUT2D eigenvalue weighted by molar-refractivity contribution is 6.30. The lowest BCUT2D eigenvalue weighted by molar-refractivity contribution is 0.308. The van der Waals surface area contributed by atoms with Crippen molar-refractivity contribution in [1.82, 2.24) is 9.97 Å². The first kappa shape index (κ1) is 12.0. The lowest BCUT2D eigenvalue weighted by atomic mass is 10.3. The molecule has 0 aliphatic heterocycles. The second-order valence-corrected chi connectivity index (χ2v) is 3.50. The van der Waals surface area contributed by atoms with E-state index in [9.17, 15) is 0 Å². The highest BCUT2D eigenvalue weighted by Gasteiger charge is 2.09. The third kappa shape index (κ3) is 3.20. The maximum atomic E-state index is 5.96. The highest BCUT2D eigenvalue weighted by atomic mass is 35.5. The lowest BCUT2D eigenvalue weighted by Gasteiger charge is -2.09. The molecule has 0 unspecified atom stereocenters. The molecular formula is C11H15ClN2O. The summed E-state index contributed by atoms with van der Waals surface area (Å²) < 4.78 is 5.49. The van der Waals surface area contributed by atoms with E-state index in [2.05, 4.69) is 16.5 Å². The van der Waals surface area contributed by atoms with Crippen LogP contribution in [0, 0.1) is 6.92 Å². The molecule has 82 valence electrons. The fourth-order valence-corrected chi connectivity index (χ4v) is 1.23. The van der Waals surface area contributed by atoms with Crippen LogP contribution in [-0.2, 0) is 6.42 Å². The van der Waals surface area contributed by atoms with Crippen molar-refractivity contribution in [3.8, 4) is 5.88 Å². The fourth-order valence-electron chi connectivity index (χ4n) is 1.05. The van der Waals surface area contributed by atoms with Crippen LogP contribution in [-0.4, -0.2) is 16.6 Å². The Morgan fingerprint density at radius 2 is 2.20 bits per heavy atom. The first-order chi connectivity index (χ1) is 7.19. The van der Waals surface area contributed by atoms with Gasteiger partial charge in [0.05, 0.1) is 6.61 Å². The molecule has 0 fully saturated rings. The maximum Gasteiger partial charge on any atom is 0.221 e. The Balaban J connectivity index is 2.84. The summed E-state index contributed by atoms with van der Waals surface area (Å²) in [6.07, 6.45) is 3.35. The van der Waals surface area contributed by atoms with E-state index in [1.165, 1.54) is 0 Å². The van der Waals surface area contributed by atoms with Crippen LogP contribution in [0.4, 0.5) is 0 Å². The van der Waals surface area contributed by atoms with E-state index in [1.54, 1.807) is 6.08 Å². The van der Waals surface area contributed by atoms with Crippen LogP contribution in [0.2, 0.25) is 5.15 Å². The molecule has 0 N–H and O–H groups in total. The van der Waals surface area contributed by atoms with Gasteiger partial charge in [-0.3, -0.25) is 0 Å². The van der Waals surface area contributed by atoms with Gasteiger partial charge in [0.2, 0.25) is 5.88 Å². The topological polar surface area (TPSA) is 35.0 Å².